The van der Waals surface area contributed by atoms with E-state index >= 15 is 0 Å². The predicted octanol–water partition coefficient (Wildman–Crippen LogP) is -2.31. The maximum Gasteiger partial charge on any atom is 0.347 e. The Hall–Kier alpha value is -0.260. The first kappa shape index (κ1) is 9.74. The number of hydrogen-bond donors (Lipinski definition) is 4. The summed E-state index contributed by atoms with van der Waals surface area (Å²) in [5, 5.41) is 0. The molecule has 0 aromatic carbocycles. The summed E-state index contributed by atoms with van der Waals surface area (Å²) in [4.78, 5) is 1.80. The molecule has 0 atom stereocenters. The highest BCUT2D eigenvalue weighted by Crippen LogP contribution is 1.71. The van der Waals surface area contributed by atoms with Gasteiger partial charge in [-0.25, -0.2) is 0 Å². The fourth-order valence-electron chi connectivity index (χ4n) is 0.105. The molecule has 10 heteroatoms. The summed E-state index contributed by atoms with van der Waals surface area (Å²) in [7, 11) is -9.32. The van der Waals surface area contributed by atoms with Crippen LogP contribution in [-0.2, 0) is 20.6 Å². The second kappa shape index (κ2) is 2.77. The molecule has 0 rings (SSSR count). The average molecular weight is 192 g/mol. The summed E-state index contributed by atoms with van der Waals surface area (Å²) in [6.07, 6.45) is 0. The lowest BCUT2D eigenvalue weighted by Gasteiger charge is -1.97. The van der Waals surface area contributed by atoms with E-state index in [2.05, 4.69) is 0 Å². The number of rotatable bonds is 3. The minimum atomic E-state index is -4.66. The van der Waals surface area contributed by atoms with Crippen LogP contribution in [0.4, 0.5) is 0 Å². The third-order valence-electron chi connectivity index (χ3n) is 0.300. The summed E-state index contributed by atoms with van der Waals surface area (Å²) in [5.41, 5.74) is 0. The van der Waals surface area contributed by atoms with E-state index in [1.807, 2.05) is 0 Å². The highest BCUT2D eigenvalue weighted by atomic mass is 32.2. The first-order valence-electron chi connectivity index (χ1n) is 1.69. The molecule has 0 unspecified atom stereocenters. The van der Waals surface area contributed by atoms with Gasteiger partial charge in [-0.05, 0) is 0 Å². The van der Waals surface area contributed by atoms with E-state index in [0.29, 0.717) is 0 Å². The first-order chi connectivity index (χ1) is 4.21. The lowest BCUT2D eigenvalue weighted by atomic mass is 13.0. The van der Waals surface area contributed by atoms with Crippen molar-refractivity contribution in [3.8, 4) is 0 Å². The molecule has 0 aromatic heterocycles. The Bertz CT molecular complexity index is 250. The van der Waals surface area contributed by atoms with Crippen LogP contribution in [0, 0.1) is 0 Å². The second-order valence-corrected chi connectivity index (χ2v) is 3.46. The quantitative estimate of drug-likeness (QED) is 0.293. The van der Waals surface area contributed by atoms with Crippen LogP contribution in [0.5, 0.6) is 0 Å². The van der Waals surface area contributed by atoms with Crippen molar-refractivity contribution in [3.63, 3.8) is 0 Å². The molecule has 4 N–H and O–H groups in total. The molecule has 0 aliphatic carbocycles. The fraction of sp³-hybridized carbons (Fsp3) is 0. The van der Waals surface area contributed by atoms with Crippen molar-refractivity contribution in [3.05, 3.63) is 0 Å². The summed E-state index contributed by atoms with van der Waals surface area (Å²) in [5.74, 6) is 0. The van der Waals surface area contributed by atoms with Crippen LogP contribution < -0.4 is 9.66 Å². The van der Waals surface area contributed by atoms with Gasteiger partial charge in [0, 0.05) is 0 Å². The van der Waals surface area contributed by atoms with Crippen molar-refractivity contribution in [1.82, 2.24) is 9.66 Å². The second-order valence-electron chi connectivity index (χ2n) is 1.15. The summed E-state index contributed by atoms with van der Waals surface area (Å²) < 4.78 is 54.3. The molecule has 0 radical (unpaired) electrons. The molecule has 0 saturated heterocycles. The highest BCUT2D eigenvalue weighted by Gasteiger charge is 2.07. The van der Waals surface area contributed by atoms with Gasteiger partial charge in [-0.15, -0.1) is 9.66 Å². The summed E-state index contributed by atoms with van der Waals surface area (Å²) >= 11 is 0. The standard InChI is InChI=1S/H4N2O6S2/c3-9(4,5)1-2-10(6,7)8/h1-2H,(H,3,4,5)(H,6,7,8). The van der Waals surface area contributed by atoms with Gasteiger partial charge >= 0.3 is 20.6 Å². The van der Waals surface area contributed by atoms with Crippen molar-refractivity contribution in [2.24, 2.45) is 0 Å². The maximum atomic E-state index is 9.68. The zero-order valence-corrected chi connectivity index (χ0v) is 5.98. The SMILES string of the molecule is O=S(=O)(O)NNS(=O)(=O)O. The zero-order valence-electron chi connectivity index (χ0n) is 4.34. The van der Waals surface area contributed by atoms with Crippen LogP contribution in [0.1, 0.15) is 0 Å². The molecule has 0 bridgehead atoms. The van der Waals surface area contributed by atoms with Crippen LogP contribution in [-0.4, -0.2) is 25.9 Å². The zero-order chi connectivity index (χ0) is 8.41. The van der Waals surface area contributed by atoms with E-state index in [1.165, 1.54) is 0 Å². The van der Waals surface area contributed by atoms with E-state index in [1.54, 1.807) is 0 Å². The Balaban J connectivity index is 4.05. The lowest BCUT2D eigenvalue weighted by molar-refractivity contribution is 0.440. The summed E-state index contributed by atoms with van der Waals surface area (Å²) in [6.45, 7) is 0. The van der Waals surface area contributed by atoms with E-state index in [4.69, 9.17) is 9.11 Å². The molecule has 62 valence electrons. The van der Waals surface area contributed by atoms with Gasteiger partial charge in [0.05, 0.1) is 0 Å². The van der Waals surface area contributed by atoms with Crippen molar-refractivity contribution in [2.45, 2.75) is 0 Å². The van der Waals surface area contributed by atoms with Gasteiger partial charge in [0.15, 0.2) is 0 Å². The van der Waals surface area contributed by atoms with E-state index in [9.17, 15) is 16.8 Å². The van der Waals surface area contributed by atoms with Gasteiger partial charge in [-0.2, -0.15) is 16.8 Å². The molecule has 0 aliphatic heterocycles. The molecule has 8 nitrogen and oxygen atoms in total. The van der Waals surface area contributed by atoms with E-state index in [-0.39, 0.29) is 0 Å². The van der Waals surface area contributed by atoms with Gasteiger partial charge in [-0.1, -0.05) is 0 Å². The predicted molar refractivity (Wildman–Crippen MR) is 29.4 cm³/mol. The van der Waals surface area contributed by atoms with Crippen LogP contribution in [0.2, 0.25) is 0 Å². The maximum absolute atomic E-state index is 9.68. The third kappa shape index (κ3) is 7.74. The minimum Gasteiger partial charge on any atom is -0.273 e. The van der Waals surface area contributed by atoms with Crippen molar-refractivity contribution in [2.75, 3.05) is 0 Å². The highest BCUT2D eigenvalue weighted by molar-refractivity contribution is 7.86. The number of nitrogens with one attached hydrogen (secondary N) is 2. The molecule has 0 saturated carbocycles. The molecule has 0 fully saturated rings. The third-order valence-corrected chi connectivity index (χ3v) is 1.15. The fourth-order valence-corrected chi connectivity index (χ4v) is 0.948. The normalized spacial score (nSPS) is 13.4. The van der Waals surface area contributed by atoms with Gasteiger partial charge in [0.25, 0.3) is 0 Å². The molecular formula is H4N2O6S2. The lowest BCUT2D eigenvalue weighted by Crippen LogP contribution is -2.40. The summed E-state index contributed by atoms with van der Waals surface area (Å²) in [6, 6.07) is 0. The van der Waals surface area contributed by atoms with Gasteiger partial charge in [0.2, 0.25) is 0 Å². The number of hydrogen-bond acceptors (Lipinski definition) is 4. The Kier molecular flexibility index (Phi) is 2.70. The monoisotopic (exact) mass is 192 g/mol. The van der Waals surface area contributed by atoms with Gasteiger partial charge in [-0.3, -0.25) is 9.11 Å². The van der Waals surface area contributed by atoms with Crippen LogP contribution in [0.25, 0.3) is 0 Å². The Morgan fingerprint density at radius 3 is 1.10 bits per heavy atom. The van der Waals surface area contributed by atoms with E-state index in [0.717, 1.165) is 9.66 Å². The molecular weight excluding hydrogens is 188 g/mol. The molecule has 0 aromatic rings. The van der Waals surface area contributed by atoms with Crippen molar-refractivity contribution < 1.29 is 25.9 Å². The largest absolute Gasteiger partial charge is 0.347 e. The van der Waals surface area contributed by atoms with Gasteiger partial charge < -0.3 is 0 Å². The first-order valence-corrected chi connectivity index (χ1v) is 4.57. The smallest absolute Gasteiger partial charge is 0.273 e. The van der Waals surface area contributed by atoms with Crippen LogP contribution in [0.3, 0.4) is 0 Å². The van der Waals surface area contributed by atoms with Crippen LogP contribution >= 0.6 is 0 Å². The van der Waals surface area contributed by atoms with Crippen molar-refractivity contribution in [1.29, 1.82) is 0 Å². The Labute approximate surface area is 57.0 Å². The Morgan fingerprint density at radius 2 is 1.00 bits per heavy atom. The minimum absolute atomic E-state index is 0.902. The molecule has 0 aliphatic rings. The number of hydrazine groups is 1. The van der Waals surface area contributed by atoms with E-state index < -0.39 is 20.6 Å². The topological polar surface area (TPSA) is 133 Å². The molecule has 10 heavy (non-hydrogen) atoms. The Morgan fingerprint density at radius 1 is 0.800 bits per heavy atom. The average Bonchev–Trinajstić information content (AvgIpc) is 1.57. The van der Waals surface area contributed by atoms with Crippen molar-refractivity contribution >= 4 is 20.6 Å². The molecule has 0 heterocycles. The van der Waals surface area contributed by atoms with Crippen LogP contribution in [0.15, 0.2) is 0 Å². The molecule has 0 amide bonds. The molecule has 0 spiro atoms. The van der Waals surface area contributed by atoms with Gasteiger partial charge in [0.1, 0.15) is 0 Å².